The molecule has 0 spiro atoms. The third-order valence-electron chi connectivity index (χ3n) is 3.52. The van der Waals surface area contributed by atoms with Crippen molar-refractivity contribution in [2.24, 2.45) is 0 Å². The monoisotopic (exact) mass is 210 g/mol. The number of rotatable bonds is 2. The normalized spacial score (nSPS) is 33.9. The van der Waals surface area contributed by atoms with E-state index in [1.54, 1.807) is 6.92 Å². The Kier molecular flexibility index (Phi) is 2.24. The van der Waals surface area contributed by atoms with Crippen LogP contribution in [0.3, 0.4) is 0 Å². The van der Waals surface area contributed by atoms with Gasteiger partial charge in [0.05, 0.1) is 0 Å². The Labute approximate surface area is 90.0 Å². The number of nitrogens with one attached hydrogen (secondary N) is 1. The fourth-order valence-corrected chi connectivity index (χ4v) is 2.28. The second-order valence-corrected chi connectivity index (χ2v) is 4.86. The van der Waals surface area contributed by atoms with Crippen LogP contribution in [0.5, 0.6) is 0 Å². The highest BCUT2D eigenvalue weighted by Crippen LogP contribution is 2.43. The fraction of sp³-hybridized carbons (Fsp3) is 0.818. The first-order valence-corrected chi connectivity index (χ1v) is 5.63. The molecule has 0 radical (unpaired) electrons. The standard InChI is InChI=1S/C11H18N2O2/c1-4-8-9(14)12-7(2)10(15)13(8)11(3)5-6-11/h7-8H,4-6H2,1-3H3,(H,12,14). The molecule has 1 aliphatic heterocycles. The van der Waals surface area contributed by atoms with Gasteiger partial charge in [0.15, 0.2) is 0 Å². The minimum atomic E-state index is -0.363. The van der Waals surface area contributed by atoms with Gasteiger partial charge in [-0.15, -0.1) is 0 Å². The van der Waals surface area contributed by atoms with E-state index < -0.39 is 0 Å². The van der Waals surface area contributed by atoms with Gasteiger partial charge in [-0.2, -0.15) is 0 Å². The maximum atomic E-state index is 12.0. The highest BCUT2D eigenvalue weighted by molar-refractivity contribution is 5.97. The molecule has 1 saturated carbocycles. The lowest BCUT2D eigenvalue weighted by Crippen LogP contribution is -2.65. The summed E-state index contributed by atoms with van der Waals surface area (Å²) in [5.41, 5.74) is -0.0518. The minimum absolute atomic E-state index is 0.00211. The number of hydrogen-bond acceptors (Lipinski definition) is 2. The summed E-state index contributed by atoms with van der Waals surface area (Å²) < 4.78 is 0. The summed E-state index contributed by atoms with van der Waals surface area (Å²) in [7, 11) is 0. The van der Waals surface area contributed by atoms with Crippen molar-refractivity contribution in [3.63, 3.8) is 0 Å². The fourth-order valence-electron chi connectivity index (χ4n) is 2.28. The summed E-state index contributed by atoms with van der Waals surface area (Å²) in [6.07, 6.45) is 2.74. The second kappa shape index (κ2) is 3.22. The van der Waals surface area contributed by atoms with Crippen LogP contribution in [-0.2, 0) is 9.59 Å². The molecule has 1 aliphatic carbocycles. The number of hydrogen-bond donors (Lipinski definition) is 1. The molecule has 2 unspecified atom stereocenters. The smallest absolute Gasteiger partial charge is 0.245 e. The first-order chi connectivity index (χ1) is 6.99. The zero-order valence-corrected chi connectivity index (χ0v) is 9.54. The lowest BCUT2D eigenvalue weighted by Gasteiger charge is -2.41. The maximum absolute atomic E-state index is 12.0. The Morgan fingerprint density at radius 3 is 2.53 bits per heavy atom. The van der Waals surface area contributed by atoms with E-state index in [0.29, 0.717) is 6.42 Å². The molecule has 4 heteroatoms. The van der Waals surface area contributed by atoms with E-state index in [0.717, 1.165) is 12.8 Å². The Balaban J connectivity index is 2.28. The highest BCUT2D eigenvalue weighted by atomic mass is 16.2. The molecular weight excluding hydrogens is 192 g/mol. The van der Waals surface area contributed by atoms with Crippen molar-refractivity contribution in [3.8, 4) is 0 Å². The van der Waals surface area contributed by atoms with Crippen molar-refractivity contribution in [1.82, 2.24) is 10.2 Å². The molecule has 1 N–H and O–H groups in total. The molecule has 0 bridgehead atoms. The van der Waals surface area contributed by atoms with Crippen molar-refractivity contribution < 1.29 is 9.59 Å². The van der Waals surface area contributed by atoms with Gasteiger partial charge >= 0.3 is 0 Å². The van der Waals surface area contributed by atoms with Crippen molar-refractivity contribution >= 4 is 11.8 Å². The van der Waals surface area contributed by atoms with Gasteiger partial charge < -0.3 is 10.2 Å². The molecule has 2 atom stereocenters. The first kappa shape index (κ1) is 10.5. The predicted octanol–water partition coefficient (Wildman–Crippen LogP) is 0.664. The first-order valence-electron chi connectivity index (χ1n) is 5.63. The molecule has 2 aliphatic rings. The van der Waals surface area contributed by atoms with Crippen LogP contribution in [0, 0.1) is 0 Å². The van der Waals surface area contributed by atoms with Crippen LogP contribution in [-0.4, -0.2) is 34.3 Å². The van der Waals surface area contributed by atoms with Crippen LogP contribution in [0.25, 0.3) is 0 Å². The lowest BCUT2D eigenvalue weighted by molar-refractivity contribution is -0.152. The van der Waals surface area contributed by atoms with Gasteiger partial charge in [0.2, 0.25) is 11.8 Å². The van der Waals surface area contributed by atoms with Gasteiger partial charge in [-0.25, -0.2) is 0 Å². The van der Waals surface area contributed by atoms with Gasteiger partial charge in [0.25, 0.3) is 0 Å². The van der Waals surface area contributed by atoms with Crippen LogP contribution >= 0.6 is 0 Å². The number of amides is 2. The van der Waals surface area contributed by atoms with Crippen LogP contribution < -0.4 is 5.32 Å². The van der Waals surface area contributed by atoms with E-state index in [1.807, 2.05) is 11.8 Å². The third kappa shape index (κ3) is 1.52. The van der Waals surface area contributed by atoms with Crippen LogP contribution in [0.2, 0.25) is 0 Å². The quantitative estimate of drug-likeness (QED) is 0.728. The van der Waals surface area contributed by atoms with Crippen LogP contribution in [0.15, 0.2) is 0 Å². The zero-order valence-electron chi connectivity index (χ0n) is 9.54. The summed E-state index contributed by atoms with van der Waals surface area (Å²) in [5.74, 6) is 0.0687. The Bertz CT molecular complexity index is 310. The Hall–Kier alpha value is -1.06. The number of carbonyl (C=O) groups is 2. The van der Waals surface area contributed by atoms with Gasteiger partial charge in [-0.3, -0.25) is 9.59 Å². The van der Waals surface area contributed by atoms with E-state index in [2.05, 4.69) is 12.2 Å². The van der Waals surface area contributed by atoms with E-state index >= 15 is 0 Å². The molecule has 0 aromatic carbocycles. The Morgan fingerprint density at radius 2 is 2.07 bits per heavy atom. The lowest BCUT2D eigenvalue weighted by atomic mass is 10.0. The summed E-state index contributed by atoms with van der Waals surface area (Å²) in [6.45, 7) is 5.77. The van der Waals surface area contributed by atoms with Crippen molar-refractivity contribution in [2.75, 3.05) is 0 Å². The van der Waals surface area contributed by atoms with Gasteiger partial charge in [-0.05, 0) is 33.1 Å². The van der Waals surface area contributed by atoms with E-state index in [4.69, 9.17) is 0 Å². The van der Waals surface area contributed by atoms with Crippen molar-refractivity contribution in [1.29, 1.82) is 0 Å². The summed E-state index contributed by atoms with van der Waals surface area (Å²) in [5, 5.41) is 2.73. The zero-order chi connectivity index (χ0) is 11.2. The molecule has 2 fully saturated rings. The predicted molar refractivity (Wildman–Crippen MR) is 56.2 cm³/mol. The largest absolute Gasteiger partial charge is 0.343 e. The molecule has 2 amide bonds. The summed E-state index contributed by atoms with van der Waals surface area (Å²) in [4.78, 5) is 25.6. The molecule has 84 valence electrons. The number of piperazine rings is 1. The van der Waals surface area contributed by atoms with E-state index in [-0.39, 0.29) is 29.4 Å². The summed E-state index contributed by atoms with van der Waals surface area (Å²) >= 11 is 0. The van der Waals surface area contributed by atoms with Crippen LogP contribution in [0.1, 0.15) is 40.0 Å². The number of carbonyl (C=O) groups excluding carboxylic acids is 2. The van der Waals surface area contributed by atoms with Crippen LogP contribution in [0.4, 0.5) is 0 Å². The third-order valence-corrected chi connectivity index (χ3v) is 3.52. The molecular formula is C11H18N2O2. The average molecular weight is 210 g/mol. The molecule has 0 aromatic rings. The van der Waals surface area contributed by atoms with Crippen molar-refractivity contribution in [2.45, 2.75) is 57.7 Å². The molecule has 15 heavy (non-hydrogen) atoms. The molecule has 0 aromatic heterocycles. The van der Waals surface area contributed by atoms with E-state index in [1.165, 1.54) is 0 Å². The molecule has 2 rings (SSSR count). The molecule has 1 saturated heterocycles. The average Bonchev–Trinajstić information content (AvgIpc) is 2.90. The van der Waals surface area contributed by atoms with Gasteiger partial charge in [0, 0.05) is 5.54 Å². The van der Waals surface area contributed by atoms with Gasteiger partial charge in [-0.1, -0.05) is 6.92 Å². The molecule has 1 heterocycles. The summed E-state index contributed by atoms with van der Waals surface area (Å²) in [6, 6.07) is -0.626. The number of nitrogens with zero attached hydrogens (tertiary/aromatic N) is 1. The highest BCUT2D eigenvalue weighted by Gasteiger charge is 2.52. The molecule has 4 nitrogen and oxygen atoms in total. The second-order valence-electron chi connectivity index (χ2n) is 4.86. The van der Waals surface area contributed by atoms with Crippen molar-refractivity contribution in [3.05, 3.63) is 0 Å². The topological polar surface area (TPSA) is 49.4 Å². The Morgan fingerprint density at radius 1 is 1.47 bits per heavy atom. The SMILES string of the molecule is CCC1C(=O)NC(C)C(=O)N1C1(C)CC1. The van der Waals surface area contributed by atoms with Gasteiger partial charge in [0.1, 0.15) is 12.1 Å². The van der Waals surface area contributed by atoms with E-state index in [9.17, 15) is 9.59 Å². The maximum Gasteiger partial charge on any atom is 0.245 e. The minimum Gasteiger partial charge on any atom is -0.343 e.